The Kier molecular flexibility index (Phi) is 22.3. The van der Waals surface area contributed by atoms with Gasteiger partial charge in [0.05, 0.1) is 24.4 Å². The molecule has 4 rings (SSSR count). The number of fused-ring (bicyclic) bond motifs is 3. The lowest BCUT2D eigenvalue weighted by Crippen LogP contribution is -2.61. The number of allylic oxidation sites excluding steroid dienone is 6. The predicted octanol–water partition coefficient (Wildman–Crippen LogP) is 6.96. The molecule has 3 N–H and O–H groups in total. The van der Waals surface area contributed by atoms with Crippen LogP contribution in [-0.2, 0) is 47.7 Å². The van der Waals surface area contributed by atoms with Crippen LogP contribution in [-0.4, -0.2) is 132 Å². The maximum absolute atomic E-state index is 14.5. The van der Waals surface area contributed by atoms with Gasteiger partial charge >= 0.3 is 5.97 Å². The van der Waals surface area contributed by atoms with Crippen LogP contribution in [0.25, 0.3) is 0 Å². The maximum Gasteiger partial charge on any atom is 0.329 e. The maximum atomic E-state index is 14.5. The van der Waals surface area contributed by atoms with Crippen molar-refractivity contribution in [1.29, 1.82) is 0 Å². The first kappa shape index (κ1) is 56.2. The molecule has 0 aromatic rings. The average molecular weight is 942 g/mol. The third-order valence-corrected chi connectivity index (χ3v) is 14.9. The van der Waals surface area contributed by atoms with E-state index < -0.39 is 83.9 Å². The number of ketones is 3. The average Bonchev–Trinajstić information content (AvgIpc) is 3.30. The van der Waals surface area contributed by atoms with Gasteiger partial charge in [0.2, 0.25) is 5.79 Å². The van der Waals surface area contributed by atoms with Crippen LogP contribution in [0.4, 0.5) is 0 Å². The highest BCUT2D eigenvalue weighted by atomic mass is 16.6. The minimum absolute atomic E-state index is 0.0185. The van der Waals surface area contributed by atoms with E-state index in [9.17, 15) is 39.3 Å². The standard InChI is InChI=1S/C53H83NO13/c1-11-17-39-22-23-40-30-44(63-8)33(3)19-14-12-13-18-32(2)26-36(6)47(57)49(65-10)48(58)37(7)27-34(4)43(56)31-45(35(5)28-38-21-24-42(55)46(29-38)64-9)66-52(61)41-20-15-16-25-54(41)51(60)50(59)53(39,62)67-40/h12-14,18-19,27,32,34-36,38-42,44-46,48-49,55,58,62H,11,15-17,20-26,28-31H2,1-10H3/b14-12+,18-13+,33-19+,37-27+/t32-,34-,35+,36-,38+,39-,40+,41+,42-,44+,45+,46-,48-,49+,53-/m1/s1. The van der Waals surface area contributed by atoms with E-state index in [1.54, 1.807) is 34.1 Å². The Hall–Kier alpha value is -3.37. The van der Waals surface area contributed by atoms with Crippen molar-refractivity contribution in [2.45, 2.75) is 193 Å². The molecule has 67 heavy (non-hydrogen) atoms. The molecule has 0 aromatic carbocycles. The van der Waals surface area contributed by atoms with Crippen LogP contribution >= 0.6 is 0 Å². The molecule has 0 unspecified atom stereocenters. The molecule has 2 saturated heterocycles. The molecule has 1 aliphatic carbocycles. The molecule has 3 heterocycles. The Labute approximate surface area is 399 Å². The monoisotopic (exact) mass is 942 g/mol. The summed E-state index contributed by atoms with van der Waals surface area (Å²) in [6.07, 6.45) is 12.4. The number of methoxy groups -OCH3 is 3. The van der Waals surface area contributed by atoms with Crippen molar-refractivity contribution < 1.29 is 63.0 Å². The van der Waals surface area contributed by atoms with E-state index in [0.717, 1.165) is 12.0 Å². The summed E-state index contributed by atoms with van der Waals surface area (Å²) in [5.41, 5.74) is 1.27. The third kappa shape index (κ3) is 15.1. The van der Waals surface area contributed by atoms with Crippen LogP contribution in [0.3, 0.4) is 0 Å². The van der Waals surface area contributed by atoms with Crippen molar-refractivity contribution in [2.75, 3.05) is 27.9 Å². The fourth-order valence-corrected chi connectivity index (χ4v) is 10.7. The van der Waals surface area contributed by atoms with E-state index in [0.29, 0.717) is 76.2 Å². The number of carbonyl (C=O) groups is 5. The zero-order valence-electron chi connectivity index (χ0n) is 42.0. The number of aliphatic hydroxyl groups excluding tert-OH is 2. The Morgan fingerprint density at radius 1 is 0.866 bits per heavy atom. The lowest BCUT2D eigenvalue weighted by Gasteiger charge is -2.44. The van der Waals surface area contributed by atoms with Gasteiger partial charge < -0.3 is 43.9 Å². The van der Waals surface area contributed by atoms with Crippen molar-refractivity contribution >= 4 is 29.2 Å². The van der Waals surface area contributed by atoms with Crippen LogP contribution < -0.4 is 0 Å². The van der Waals surface area contributed by atoms with E-state index in [1.165, 1.54) is 12.0 Å². The highest BCUT2D eigenvalue weighted by Gasteiger charge is 2.54. The number of piperidine rings is 1. The molecule has 2 bridgehead atoms. The summed E-state index contributed by atoms with van der Waals surface area (Å²) in [6, 6.07) is -1.14. The Balaban J connectivity index is 1.73. The van der Waals surface area contributed by atoms with Gasteiger partial charge in [-0.1, -0.05) is 77.5 Å². The molecule has 14 nitrogen and oxygen atoms in total. The number of hydrogen-bond acceptors (Lipinski definition) is 13. The summed E-state index contributed by atoms with van der Waals surface area (Å²) in [4.78, 5) is 72.5. The number of ether oxygens (including phenoxy) is 5. The van der Waals surface area contributed by atoms with Crippen LogP contribution in [0.2, 0.25) is 0 Å². The largest absolute Gasteiger partial charge is 0.460 e. The number of aliphatic hydroxyl groups is 3. The van der Waals surface area contributed by atoms with Gasteiger partial charge in [-0.25, -0.2) is 4.79 Å². The van der Waals surface area contributed by atoms with Gasteiger partial charge in [0.15, 0.2) is 5.78 Å². The minimum Gasteiger partial charge on any atom is -0.460 e. The van der Waals surface area contributed by atoms with Gasteiger partial charge in [0.25, 0.3) is 11.7 Å². The molecule has 1 saturated carbocycles. The number of cyclic esters (lactones) is 1. The van der Waals surface area contributed by atoms with E-state index in [2.05, 4.69) is 0 Å². The molecule has 4 aliphatic rings. The predicted molar refractivity (Wildman–Crippen MR) is 254 cm³/mol. The summed E-state index contributed by atoms with van der Waals surface area (Å²) in [6.45, 7) is 13.1. The Morgan fingerprint density at radius 2 is 1.60 bits per heavy atom. The topological polar surface area (TPSA) is 195 Å². The quantitative estimate of drug-likeness (QED) is 0.129. The molecule has 0 spiro atoms. The van der Waals surface area contributed by atoms with Crippen molar-refractivity contribution in [3.05, 3.63) is 47.6 Å². The lowest BCUT2D eigenvalue weighted by atomic mass is 9.78. The normalized spacial score (nSPS) is 39.6. The van der Waals surface area contributed by atoms with E-state index in [-0.39, 0.29) is 54.8 Å². The number of hydrogen-bond donors (Lipinski definition) is 3. The minimum atomic E-state index is -2.42. The summed E-state index contributed by atoms with van der Waals surface area (Å²) >= 11 is 0. The molecular weight excluding hydrogens is 859 g/mol. The van der Waals surface area contributed by atoms with Gasteiger partial charge in [-0.3, -0.25) is 19.2 Å². The number of amides is 1. The smallest absolute Gasteiger partial charge is 0.329 e. The van der Waals surface area contributed by atoms with Gasteiger partial charge in [-0.15, -0.1) is 0 Å². The summed E-state index contributed by atoms with van der Waals surface area (Å²) in [5.74, 6) is -7.83. The second-order valence-corrected chi connectivity index (χ2v) is 20.2. The zero-order valence-corrected chi connectivity index (χ0v) is 42.0. The van der Waals surface area contributed by atoms with Crippen molar-refractivity contribution in [2.24, 2.45) is 35.5 Å². The summed E-state index contributed by atoms with van der Waals surface area (Å²) < 4.78 is 29.6. The molecule has 0 radical (unpaired) electrons. The first-order valence-electron chi connectivity index (χ1n) is 25.0. The second kappa shape index (κ2) is 26.6. The first-order chi connectivity index (χ1) is 31.8. The van der Waals surface area contributed by atoms with Gasteiger partial charge in [-0.05, 0) is 113 Å². The van der Waals surface area contributed by atoms with Crippen LogP contribution in [0.15, 0.2) is 47.6 Å². The number of Topliss-reactive ketones (excluding diaryl/α,β-unsaturated/α-hetero) is 3. The van der Waals surface area contributed by atoms with Crippen LogP contribution in [0, 0.1) is 35.5 Å². The molecule has 14 heteroatoms. The molecular formula is C53H83NO13. The molecule has 3 fully saturated rings. The Bertz CT molecular complexity index is 1790. The molecule has 378 valence electrons. The summed E-state index contributed by atoms with van der Waals surface area (Å²) in [5, 5.41) is 34.2. The second-order valence-electron chi connectivity index (χ2n) is 20.2. The first-order valence-corrected chi connectivity index (χ1v) is 25.0. The lowest BCUT2D eigenvalue weighted by molar-refractivity contribution is -0.269. The number of nitrogens with zero attached hydrogens (tertiary/aromatic N) is 1. The zero-order chi connectivity index (χ0) is 49.6. The fourth-order valence-electron chi connectivity index (χ4n) is 10.7. The van der Waals surface area contributed by atoms with Crippen LogP contribution in [0.1, 0.15) is 138 Å². The van der Waals surface area contributed by atoms with Gasteiger partial charge in [0, 0.05) is 58.5 Å². The van der Waals surface area contributed by atoms with Gasteiger partial charge in [-0.2, -0.15) is 0 Å². The van der Waals surface area contributed by atoms with Crippen LogP contribution in [0.5, 0.6) is 0 Å². The van der Waals surface area contributed by atoms with Crippen molar-refractivity contribution in [1.82, 2.24) is 4.90 Å². The van der Waals surface area contributed by atoms with Crippen molar-refractivity contribution in [3.8, 4) is 0 Å². The van der Waals surface area contributed by atoms with Crippen molar-refractivity contribution in [3.63, 3.8) is 0 Å². The van der Waals surface area contributed by atoms with E-state index in [4.69, 9.17) is 23.7 Å². The Morgan fingerprint density at radius 3 is 2.27 bits per heavy atom. The van der Waals surface area contributed by atoms with E-state index >= 15 is 0 Å². The third-order valence-electron chi connectivity index (χ3n) is 14.9. The fraction of sp³-hybridized carbons (Fsp3) is 0.755. The molecule has 15 atom stereocenters. The van der Waals surface area contributed by atoms with Gasteiger partial charge in [0.1, 0.15) is 30.1 Å². The number of rotatable bonds is 8. The molecule has 3 aliphatic heterocycles. The number of esters is 1. The van der Waals surface area contributed by atoms with E-state index in [1.807, 2.05) is 65.0 Å². The molecule has 1 amide bonds. The molecule has 0 aromatic heterocycles. The highest BCUT2D eigenvalue weighted by Crippen LogP contribution is 2.40. The number of carbonyl (C=O) groups excluding carboxylic acids is 5. The highest BCUT2D eigenvalue weighted by molar-refractivity contribution is 6.39. The SMILES string of the molecule is CCC[C@@H]1CC[C@H]2C[C@H](OC)/C(C)=C/C=C/C=C/[C@@H](C)C[C@@H](C)C(=O)[C@H](OC)[C@H](O)/C(C)=C/[C@@H](C)C(=O)C[C@@H]([C@@H](C)C[C@@H]3CC[C@@H](O)[C@H](OC)C3)OC(=O)[C@@H]3CCCCN3C(=O)C(=O)[C@]1(O)O2. The summed E-state index contributed by atoms with van der Waals surface area (Å²) in [7, 11) is 4.54.